The molecule has 1 heterocycles. The molecule has 1 aromatic heterocycles. The zero-order chi connectivity index (χ0) is 15.0. The molecule has 0 aliphatic rings. The van der Waals surface area contributed by atoms with E-state index in [0.717, 1.165) is 0 Å². The predicted octanol–water partition coefficient (Wildman–Crippen LogP) is 4.99. The maximum atomic E-state index is 5.78. The van der Waals surface area contributed by atoms with Crippen molar-refractivity contribution in [3.63, 3.8) is 0 Å². The summed E-state index contributed by atoms with van der Waals surface area (Å²) in [6, 6.07) is 9.68. The van der Waals surface area contributed by atoms with Crippen molar-refractivity contribution in [2.75, 3.05) is 0 Å². The topological polar surface area (TPSA) is 38.7 Å². The SMILES string of the molecule is ClC(Cl)(Cl)c1nc(-c2cc[c]cc2)nc(C(Cl)(Cl)Cl)n1. The summed E-state index contributed by atoms with van der Waals surface area (Å²) in [6.07, 6.45) is 0. The molecule has 105 valence electrons. The summed E-state index contributed by atoms with van der Waals surface area (Å²) in [5.41, 5.74) is 0.650. The van der Waals surface area contributed by atoms with Crippen molar-refractivity contribution in [3.05, 3.63) is 42.0 Å². The Morgan fingerprint density at radius 2 is 1.20 bits per heavy atom. The van der Waals surface area contributed by atoms with Crippen molar-refractivity contribution in [1.29, 1.82) is 0 Å². The lowest BCUT2D eigenvalue weighted by Gasteiger charge is -2.15. The quantitative estimate of drug-likeness (QED) is 0.644. The van der Waals surface area contributed by atoms with Gasteiger partial charge in [-0.1, -0.05) is 93.9 Å². The van der Waals surface area contributed by atoms with Gasteiger partial charge < -0.3 is 0 Å². The van der Waals surface area contributed by atoms with E-state index >= 15 is 0 Å². The van der Waals surface area contributed by atoms with Gasteiger partial charge in [0.1, 0.15) is 0 Å². The van der Waals surface area contributed by atoms with Crippen LogP contribution < -0.4 is 0 Å². The summed E-state index contributed by atoms with van der Waals surface area (Å²) in [7, 11) is 0. The number of hydrogen-bond donors (Lipinski definition) is 0. The molecule has 0 aliphatic heterocycles. The minimum absolute atomic E-state index is 0.123. The Hall–Kier alpha value is -0.0300. The Labute approximate surface area is 145 Å². The molecule has 0 N–H and O–H groups in total. The zero-order valence-electron chi connectivity index (χ0n) is 9.42. The number of benzene rings is 1. The fourth-order valence-electron chi connectivity index (χ4n) is 1.29. The van der Waals surface area contributed by atoms with E-state index in [1.165, 1.54) is 0 Å². The van der Waals surface area contributed by atoms with Gasteiger partial charge in [-0.3, -0.25) is 0 Å². The van der Waals surface area contributed by atoms with Gasteiger partial charge >= 0.3 is 0 Å². The predicted molar refractivity (Wildman–Crippen MR) is 82.6 cm³/mol. The second-order valence-electron chi connectivity index (χ2n) is 3.59. The van der Waals surface area contributed by atoms with Crippen LogP contribution in [0.15, 0.2) is 24.3 Å². The van der Waals surface area contributed by atoms with E-state index in [1.807, 2.05) is 0 Å². The van der Waals surface area contributed by atoms with E-state index < -0.39 is 7.59 Å². The molecule has 20 heavy (non-hydrogen) atoms. The first-order valence-corrected chi connectivity index (χ1v) is 7.31. The van der Waals surface area contributed by atoms with Gasteiger partial charge in [0.25, 0.3) is 0 Å². The van der Waals surface area contributed by atoms with Crippen LogP contribution in [0.5, 0.6) is 0 Å². The van der Waals surface area contributed by atoms with E-state index in [2.05, 4.69) is 21.0 Å². The number of hydrogen-bond acceptors (Lipinski definition) is 3. The van der Waals surface area contributed by atoms with Crippen molar-refractivity contribution >= 4 is 69.6 Å². The molecule has 1 radical (unpaired) electrons. The van der Waals surface area contributed by atoms with Gasteiger partial charge in [-0.15, -0.1) is 0 Å². The molecular weight excluding hydrogens is 387 g/mol. The minimum Gasteiger partial charge on any atom is -0.209 e. The Morgan fingerprint density at radius 1 is 0.750 bits per heavy atom. The normalized spacial score (nSPS) is 12.5. The summed E-state index contributed by atoms with van der Waals surface area (Å²) >= 11 is 34.7. The van der Waals surface area contributed by atoms with Gasteiger partial charge in [-0.05, 0) is 6.07 Å². The molecule has 0 amide bonds. The van der Waals surface area contributed by atoms with Gasteiger partial charge in [-0.25, -0.2) is 15.0 Å². The Kier molecular flexibility index (Phi) is 4.90. The third-order valence-corrected chi connectivity index (χ3v) is 3.13. The van der Waals surface area contributed by atoms with E-state index in [-0.39, 0.29) is 17.5 Å². The average molecular weight is 391 g/mol. The highest BCUT2D eigenvalue weighted by Crippen LogP contribution is 2.40. The summed E-state index contributed by atoms with van der Waals surface area (Å²) in [4.78, 5) is 12.0. The van der Waals surface area contributed by atoms with Crippen LogP contribution >= 0.6 is 69.6 Å². The summed E-state index contributed by atoms with van der Waals surface area (Å²) in [6.45, 7) is 0. The second kappa shape index (κ2) is 5.99. The molecule has 0 spiro atoms. The van der Waals surface area contributed by atoms with Crippen LogP contribution in [0.4, 0.5) is 0 Å². The maximum absolute atomic E-state index is 5.78. The molecule has 9 heteroatoms. The van der Waals surface area contributed by atoms with E-state index in [0.29, 0.717) is 5.56 Å². The van der Waals surface area contributed by atoms with Crippen LogP contribution in [-0.4, -0.2) is 15.0 Å². The zero-order valence-corrected chi connectivity index (χ0v) is 14.0. The first-order chi connectivity index (χ1) is 9.18. The van der Waals surface area contributed by atoms with Crippen LogP contribution in [0.3, 0.4) is 0 Å². The van der Waals surface area contributed by atoms with Crippen molar-refractivity contribution in [2.45, 2.75) is 7.59 Å². The van der Waals surface area contributed by atoms with Gasteiger partial charge in [0.15, 0.2) is 17.5 Å². The first kappa shape index (κ1) is 16.3. The highest BCUT2D eigenvalue weighted by atomic mass is 35.6. The minimum atomic E-state index is -1.86. The van der Waals surface area contributed by atoms with Gasteiger partial charge in [-0.2, -0.15) is 0 Å². The number of alkyl halides is 6. The van der Waals surface area contributed by atoms with Crippen molar-refractivity contribution in [1.82, 2.24) is 15.0 Å². The van der Waals surface area contributed by atoms with Crippen LogP contribution in [0.25, 0.3) is 11.4 Å². The summed E-state index contributed by atoms with van der Waals surface area (Å²) in [5.74, 6) is -0.0139. The lowest BCUT2D eigenvalue weighted by molar-refractivity contribution is 0.851. The van der Waals surface area contributed by atoms with E-state index in [1.54, 1.807) is 24.3 Å². The van der Waals surface area contributed by atoms with Gasteiger partial charge in [0.05, 0.1) is 0 Å². The smallest absolute Gasteiger partial charge is 0.209 e. The van der Waals surface area contributed by atoms with Crippen LogP contribution in [0.2, 0.25) is 0 Å². The van der Waals surface area contributed by atoms with Crippen LogP contribution in [0.1, 0.15) is 11.6 Å². The van der Waals surface area contributed by atoms with Crippen molar-refractivity contribution in [3.8, 4) is 11.4 Å². The molecule has 0 atom stereocenters. The van der Waals surface area contributed by atoms with Crippen LogP contribution in [-0.2, 0) is 7.59 Å². The monoisotopic (exact) mass is 388 g/mol. The molecule has 0 fully saturated rings. The lowest BCUT2D eigenvalue weighted by Crippen LogP contribution is -2.16. The molecule has 0 unspecified atom stereocenters. The number of nitrogens with zero attached hydrogens (tertiary/aromatic N) is 3. The molecule has 2 aromatic rings. The van der Waals surface area contributed by atoms with Gasteiger partial charge in [0.2, 0.25) is 7.59 Å². The number of halogens is 6. The van der Waals surface area contributed by atoms with E-state index in [9.17, 15) is 0 Å². The number of rotatable bonds is 1. The third-order valence-electron chi connectivity index (χ3n) is 2.12. The fourth-order valence-corrected chi connectivity index (χ4v) is 1.80. The molecule has 1 aromatic carbocycles. The highest BCUT2D eigenvalue weighted by Gasteiger charge is 2.33. The lowest BCUT2D eigenvalue weighted by atomic mass is 10.2. The summed E-state index contributed by atoms with van der Waals surface area (Å²) in [5, 5.41) is 0. The molecule has 0 bridgehead atoms. The Balaban J connectivity index is 2.64. The maximum Gasteiger partial charge on any atom is 0.250 e. The second-order valence-corrected chi connectivity index (χ2v) is 8.15. The third kappa shape index (κ3) is 4.00. The van der Waals surface area contributed by atoms with Crippen molar-refractivity contribution < 1.29 is 0 Å². The number of aromatic nitrogens is 3. The molecular formula is C11H4Cl6N3. The molecule has 0 saturated heterocycles. The van der Waals surface area contributed by atoms with Crippen LogP contribution in [0, 0.1) is 6.07 Å². The standard InChI is InChI=1S/C11H4Cl6N3/c12-10(13,14)8-18-7(6-4-2-1-3-5-6)19-9(20-8)11(15,16)17/h2-5H. The summed E-state index contributed by atoms with van der Waals surface area (Å²) < 4.78 is -3.72. The first-order valence-electron chi connectivity index (χ1n) is 5.05. The molecule has 0 saturated carbocycles. The van der Waals surface area contributed by atoms with E-state index in [4.69, 9.17) is 69.6 Å². The van der Waals surface area contributed by atoms with Crippen molar-refractivity contribution in [2.24, 2.45) is 0 Å². The molecule has 0 aliphatic carbocycles. The Bertz CT molecular complexity index is 574. The highest BCUT2D eigenvalue weighted by molar-refractivity contribution is 6.67. The van der Waals surface area contributed by atoms with Gasteiger partial charge in [0, 0.05) is 5.56 Å². The fraction of sp³-hybridized carbons (Fsp3) is 0.182. The molecule has 3 nitrogen and oxygen atoms in total. The average Bonchev–Trinajstić information content (AvgIpc) is 2.37. The Morgan fingerprint density at radius 3 is 1.60 bits per heavy atom. The largest absolute Gasteiger partial charge is 0.250 e. The molecule has 2 rings (SSSR count).